The Kier molecular flexibility index (Phi) is 6.49. The van der Waals surface area contributed by atoms with E-state index in [9.17, 15) is 4.79 Å². The first-order valence-corrected chi connectivity index (χ1v) is 11.8. The summed E-state index contributed by atoms with van der Waals surface area (Å²) in [5.74, 6) is 1.17. The Hall–Kier alpha value is -3.44. The van der Waals surface area contributed by atoms with Crippen molar-refractivity contribution >= 4 is 16.9 Å². The third-order valence-electron chi connectivity index (χ3n) is 6.49. The fourth-order valence-electron chi connectivity index (χ4n) is 4.64. The van der Waals surface area contributed by atoms with E-state index in [0.29, 0.717) is 12.8 Å². The quantitative estimate of drug-likeness (QED) is 0.431. The number of nitrogens with zero attached hydrogens (tertiary/aromatic N) is 4. The minimum absolute atomic E-state index is 0.226. The number of aryl methyl sites for hydroxylation is 1. The van der Waals surface area contributed by atoms with Crippen molar-refractivity contribution < 1.29 is 4.79 Å². The maximum absolute atomic E-state index is 13.0. The van der Waals surface area contributed by atoms with Crippen molar-refractivity contribution in [2.45, 2.75) is 19.3 Å². The van der Waals surface area contributed by atoms with Crippen LogP contribution in [0.5, 0.6) is 0 Å². The van der Waals surface area contributed by atoms with E-state index >= 15 is 0 Å². The van der Waals surface area contributed by atoms with Crippen LogP contribution in [0.25, 0.3) is 16.7 Å². The highest BCUT2D eigenvalue weighted by atomic mass is 16.2. The second-order valence-electron chi connectivity index (χ2n) is 8.65. The molecule has 0 N–H and O–H groups in total. The first-order chi connectivity index (χ1) is 16.3. The predicted octanol–water partition coefficient (Wildman–Crippen LogP) is 4.35. The first kappa shape index (κ1) is 21.4. The summed E-state index contributed by atoms with van der Waals surface area (Å²) < 4.78 is 2.18. The van der Waals surface area contributed by atoms with Gasteiger partial charge in [0.05, 0.1) is 11.0 Å². The highest BCUT2D eigenvalue weighted by Crippen LogP contribution is 2.22. The molecular formula is C28H30N4O. The Bertz CT molecular complexity index is 1190. The van der Waals surface area contributed by atoms with Gasteiger partial charge in [0.25, 0.3) is 0 Å². The second-order valence-corrected chi connectivity index (χ2v) is 8.65. The summed E-state index contributed by atoms with van der Waals surface area (Å²) in [5, 5.41) is 0. The number of rotatable bonds is 7. The maximum atomic E-state index is 13.0. The average molecular weight is 439 g/mol. The zero-order valence-corrected chi connectivity index (χ0v) is 18.9. The molecule has 0 spiro atoms. The van der Waals surface area contributed by atoms with Gasteiger partial charge in [0.15, 0.2) is 0 Å². The van der Waals surface area contributed by atoms with E-state index in [1.807, 2.05) is 41.3 Å². The van der Waals surface area contributed by atoms with Crippen LogP contribution in [0.4, 0.5) is 0 Å². The van der Waals surface area contributed by atoms with E-state index < -0.39 is 0 Å². The third-order valence-corrected chi connectivity index (χ3v) is 6.49. The monoisotopic (exact) mass is 438 g/mol. The van der Waals surface area contributed by atoms with E-state index in [1.54, 1.807) is 0 Å². The minimum Gasteiger partial charge on any atom is -0.340 e. The number of aromatic nitrogens is 2. The van der Waals surface area contributed by atoms with E-state index in [4.69, 9.17) is 4.98 Å². The van der Waals surface area contributed by atoms with Gasteiger partial charge in [-0.2, -0.15) is 0 Å². The molecule has 5 rings (SSSR count). The molecule has 4 aromatic rings. The lowest BCUT2D eigenvalue weighted by molar-refractivity contribution is -0.132. The lowest BCUT2D eigenvalue weighted by Crippen LogP contribution is -2.49. The van der Waals surface area contributed by atoms with Gasteiger partial charge < -0.3 is 4.90 Å². The van der Waals surface area contributed by atoms with Gasteiger partial charge in [-0.15, -0.1) is 0 Å². The van der Waals surface area contributed by atoms with E-state index in [-0.39, 0.29) is 5.91 Å². The number of hydrogen-bond donors (Lipinski definition) is 0. The topological polar surface area (TPSA) is 41.4 Å². The number of carbonyl (C=O) groups excluding carboxylic acids is 1. The lowest BCUT2D eigenvalue weighted by atomic mass is 10.1. The van der Waals surface area contributed by atoms with Gasteiger partial charge in [-0.25, -0.2) is 4.98 Å². The molecule has 0 atom stereocenters. The minimum atomic E-state index is 0.226. The van der Waals surface area contributed by atoms with Gasteiger partial charge in [0.1, 0.15) is 5.82 Å². The van der Waals surface area contributed by atoms with Gasteiger partial charge in [0.2, 0.25) is 5.91 Å². The smallest absolute Gasteiger partial charge is 0.223 e. The van der Waals surface area contributed by atoms with E-state index in [1.165, 1.54) is 5.56 Å². The van der Waals surface area contributed by atoms with Crippen molar-refractivity contribution in [2.75, 3.05) is 32.7 Å². The van der Waals surface area contributed by atoms with Crippen molar-refractivity contribution in [1.82, 2.24) is 19.4 Å². The number of hydrogen-bond acceptors (Lipinski definition) is 3. The molecule has 0 saturated carbocycles. The summed E-state index contributed by atoms with van der Waals surface area (Å²) in [7, 11) is 0. The Labute approximate surface area is 195 Å². The van der Waals surface area contributed by atoms with Crippen LogP contribution in [0.1, 0.15) is 17.8 Å². The molecule has 1 aliphatic heterocycles. The summed E-state index contributed by atoms with van der Waals surface area (Å²) in [6.07, 6.45) is 2.18. The molecule has 1 amide bonds. The van der Waals surface area contributed by atoms with Crippen molar-refractivity contribution in [3.63, 3.8) is 0 Å². The standard InChI is InChI=1S/C28H30N4O/c33-28(31-21-19-30(20-22-31)18-17-23-9-3-1-4-10-23)16-15-27-29-25-13-7-8-14-26(25)32(27)24-11-5-2-6-12-24/h1-14H,15-22H2. The Balaban J connectivity index is 1.19. The Morgan fingerprint density at radius 1 is 0.758 bits per heavy atom. The van der Waals surface area contributed by atoms with E-state index in [0.717, 1.165) is 61.7 Å². The molecule has 2 heterocycles. The third kappa shape index (κ3) is 4.99. The number of fused-ring (bicyclic) bond motifs is 1. The van der Waals surface area contributed by atoms with Crippen LogP contribution >= 0.6 is 0 Å². The van der Waals surface area contributed by atoms with E-state index in [2.05, 4.69) is 58.0 Å². The van der Waals surface area contributed by atoms with Crippen LogP contribution in [0.15, 0.2) is 84.9 Å². The molecule has 168 valence electrons. The number of carbonyl (C=O) groups is 1. The molecule has 5 heteroatoms. The first-order valence-electron chi connectivity index (χ1n) is 11.8. The molecular weight excluding hydrogens is 408 g/mol. The normalized spacial score (nSPS) is 14.6. The van der Waals surface area contributed by atoms with Crippen molar-refractivity contribution in [1.29, 1.82) is 0 Å². The van der Waals surface area contributed by atoms with Crippen LogP contribution in [-0.2, 0) is 17.6 Å². The molecule has 5 nitrogen and oxygen atoms in total. The highest BCUT2D eigenvalue weighted by Gasteiger charge is 2.22. The summed E-state index contributed by atoms with van der Waals surface area (Å²) in [6, 6.07) is 29.1. The molecule has 1 aromatic heterocycles. The van der Waals surface area contributed by atoms with Gasteiger partial charge in [-0.1, -0.05) is 60.7 Å². The van der Waals surface area contributed by atoms with Gasteiger partial charge in [-0.05, 0) is 36.2 Å². The predicted molar refractivity (Wildman–Crippen MR) is 133 cm³/mol. The molecule has 3 aromatic carbocycles. The molecule has 0 radical (unpaired) electrons. The largest absolute Gasteiger partial charge is 0.340 e. The van der Waals surface area contributed by atoms with Crippen LogP contribution in [0, 0.1) is 0 Å². The van der Waals surface area contributed by atoms with Crippen LogP contribution in [-0.4, -0.2) is 58.0 Å². The summed E-state index contributed by atoms with van der Waals surface area (Å²) in [6.45, 7) is 4.56. The molecule has 0 aliphatic carbocycles. The number of imidazole rings is 1. The molecule has 1 fully saturated rings. The zero-order valence-electron chi connectivity index (χ0n) is 18.9. The molecule has 0 unspecified atom stereocenters. The van der Waals surface area contributed by atoms with Crippen molar-refractivity contribution in [3.8, 4) is 5.69 Å². The number of amides is 1. The van der Waals surface area contributed by atoms with Gasteiger partial charge in [-0.3, -0.25) is 14.3 Å². The Morgan fingerprint density at radius 3 is 2.18 bits per heavy atom. The fraction of sp³-hybridized carbons (Fsp3) is 0.286. The maximum Gasteiger partial charge on any atom is 0.223 e. The fourth-order valence-corrected chi connectivity index (χ4v) is 4.64. The van der Waals surface area contributed by atoms with Crippen molar-refractivity contribution in [2.24, 2.45) is 0 Å². The van der Waals surface area contributed by atoms with Gasteiger partial charge in [0, 0.05) is 51.3 Å². The number of para-hydroxylation sites is 3. The average Bonchev–Trinajstić information content (AvgIpc) is 3.26. The van der Waals surface area contributed by atoms with Crippen LogP contribution in [0.3, 0.4) is 0 Å². The van der Waals surface area contributed by atoms with Crippen LogP contribution < -0.4 is 0 Å². The Morgan fingerprint density at radius 2 is 1.42 bits per heavy atom. The zero-order chi connectivity index (χ0) is 22.5. The molecule has 33 heavy (non-hydrogen) atoms. The molecule has 1 saturated heterocycles. The van der Waals surface area contributed by atoms with Gasteiger partial charge >= 0.3 is 0 Å². The summed E-state index contributed by atoms with van der Waals surface area (Å²) in [5.41, 5.74) is 4.51. The highest BCUT2D eigenvalue weighted by molar-refractivity contribution is 5.79. The van der Waals surface area contributed by atoms with Crippen molar-refractivity contribution in [3.05, 3.63) is 96.3 Å². The molecule has 0 bridgehead atoms. The summed E-state index contributed by atoms with van der Waals surface area (Å²) in [4.78, 5) is 22.3. The molecule has 1 aliphatic rings. The summed E-state index contributed by atoms with van der Waals surface area (Å²) >= 11 is 0. The van der Waals surface area contributed by atoms with Crippen LogP contribution in [0.2, 0.25) is 0 Å². The number of benzene rings is 3. The second kappa shape index (κ2) is 10.0. The SMILES string of the molecule is O=C(CCc1nc2ccccc2n1-c1ccccc1)N1CCN(CCc2ccccc2)CC1. The lowest BCUT2D eigenvalue weighted by Gasteiger charge is -2.34. The number of piperazine rings is 1.